The average Bonchev–Trinajstić information content (AvgIpc) is 2.79. The number of fused-ring (bicyclic) bond motifs is 1. The van der Waals surface area contributed by atoms with E-state index in [4.69, 9.17) is 4.74 Å². The van der Waals surface area contributed by atoms with E-state index in [2.05, 4.69) is 56.3 Å². The largest absolute Gasteiger partial charge is 0.495 e. The molecule has 2 aromatic heterocycles. The van der Waals surface area contributed by atoms with E-state index in [0.717, 1.165) is 54.5 Å². The Morgan fingerprint density at radius 3 is 2.71 bits per heavy atom. The number of aryl methyl sites for hydroxylation is 1. The Kier molecular flexibility index (Phi) is 7.05. The van der Waals surface area contributed by atoms with Crippen molar-refractivity contribution in [1.29, 1.82) is 0 Å². The number of likely N-dealkylation sites (tertiary alicyclic amines) is 1. The third-order valence-corrected chi connectivity index (χ3v) is 6.98. The molecule has 0 unspecified atom stereocenters. The molecule has 1 N–H and O–H groups in total. The SMILES string of the molecule is COc1cnc2ccc(=O)n(CCN3CCC(NCc4ccc(Br)c(C)c4)CC3)c2c1. The average molecular weight is 485 g/mol. The van der Waals surface area contributed by atoms with Crippen LogP contribution < -0.4 is 15.6 Å². The summed E-state index contributed by atoms with van der Waals surface area (Å²) in [4.78, 5) is 19.3. The third-order valence-electron chi connectivity index (χ3n) is 6.09. The second kappa shape index (κ2) is 9.94. The molecule has 31 heavy (non-hydrogen) atoms. The number of benzene rings is 1. The summed E-state index contributed by atoms with van der Waals surface area (Å²) in [5.41, 5.74) is 4.23. The van der Waals surface area contributed by atoms with Gasteiger partial charge in [0.25, 0.3) is 5.56 Å². The number of nitrogens with zero attached hydrogens (tertiary/aromatic N) is 3. The molecule has 0 amide bonds. The van der Waals surface area contributed by atoms with Crippen molar-refractivity contribution in [3.63, 3.8) is 0 Å². The van der Waals surface area contributed by atoms with Gasteiger partial charge in [0.05, 0.1) is 24.3 Å². The summed E-state index contributed by atoms with van der Waals surface area (Å²) in [6.45, 7) is 6.62. The molecule has 0 radical (unpaired) electrons. The van der Waals surface area contributed by atoms with E-state index in [-0.39, 0.29) is 5.56 Å². The summed E-state index contributed by atoms with van der Waals surface area (Å²) in [6.07, 6.45) is 3.93. The number of pyridine rings is 2. The van der Waals surface area contributed by atoms with Gasteiger partial charge in [0.2, 0.25) is 0 Å². The van der Waals surface area contributed by atoms with Crippen molar-refractivity contribution >= 4 is 27.0 Å². The summed E-state index contributed by atoms with van der Waals surface area (Å²) >= 11 is 3.56. The highest BCUT2D eigenvalue weighted by molar-refractivity contribution is 9.10. The number of piperidine rings is 1. The van der Waals surface area contributed by atoms with Crippen molar-refractivity contribution in [2.75, 3.05) is 26.7 Å². The van der Waals surface area contributed by atoms with Crippen molar-refractivity contribution in [3.05, 3.63) is 68.5 Å². The van der Waals surface area contributed by atoms with Crippen LogP contribution in [-0.2, 0) is 13.1 Å². The summed E-state index contributed by atoms with van der Waals surface area (Å²) in [5.74, 6) is 0.666. The molecule has 6 nitrogen and oxygen atoms in total. The number of aromatic nitrogens is 2. The molecule has 1 fully saturated rings. The lowest BCUT2D eigenvalue weighted by atomic mass is 10.0. The van der Waals surface area contributed by atoms with Crippen molar-refractivity contribution in [1.82, 2.24) is 19.8 Å². The second-order valence-corrected chi connectivity index (χ2v) is 9.04. The standard InChI is InChI=1S/C24H29BrN4O2/c1-17-13-18(3-4-21(17)25)15-26-19-7-9-28(10-8-19)11-12-29-23-14-20(31-2)16-27-22(23)5-6-24(29)30/h3-6,13-14,16,19,26H,7-12,15H2,1-2H3. The van der Waals surface area contributed by atoms with Crippen LogP contribution in [0.15, 0.2) is 51.9 Å². The van der Waals surface area contributed by atoms with Crippen molar-refractivity contribution in [2.45, 2.75) is 38.9 Å². The molecule has 7 heteroatoms. The van der Waals surface area contributed by atoms with Gasteiger partial charge in [-0.3, -0.25) is 9.78 Å². The smallest absolute Gasteiger partial charge is 0.251 e. The maximum Gasteiger partial charge on any atom is 0.251 e. The second-order valence-electron chi connectivity index (χ2n) is 8.18. The lowest BCUT2D eigenvalue weighted by molar-refractivity contribution is 0.191. The first kappa shape index (κ1) is 22.0. The minimum Gasteiger partial charge on any atom is -0.495 e. The summed E-state index contributed by atoms with van der Waals surface area (Å²) in [5, 5.41) is 3.71. The predicted octanol–water partition coefficient (Wildman–Crippen LogP) is 3.73. The number of methoxy groups -OCH3 is 1. The maximum absolute atomic E-state index is 12.5. The molecule has 0 aliphatic carbocycles. The first-order chi connectivity index (χ1) is 15.0. The highest BCUT2D eigenvalue weighted by Gasteiger charge is 2.19. The first-order valence-corrected chi connectivity index (χ1v) is 11.6. The quantitative estimate of drug-likeness (QED) is 0.553. The highest BCUT2D eigenvalue weighted by Crippen LogP contribution is 2.19. The molecular formula is C24H29BrN4O2. The minimum atomic E-state index is 0.00361. The highest BCUT2D eigenvalue weighted by atomic mass is 79.9. The molecule has 3 heterocycles. The third kappa shape index (κ3) is 5.34. The van der Waals surface area contributed by atoms with E-state index in [1.807, 2.05) is 10.6 Å². The molecule has 1 saturated heterocycles. The number of rotatable bonds is 7. The van der Waals surface area contributed by atoms with Crippen LogP contribution >= 0.6 is 15.9 Å². The van der Waals surface area contributed by atoms with Gasteiger partial charge in [0, 0.05) is 42.3 Å². The predicted molar refractivity (Wildman–Crippen MR) is 128 cm³/mol. The molecule has 4 rings (SSSR count). The lowest BCUT2D eigenvalue weighted by Gasteiger charge is -2.32. The molecular weight excluding hydrogens is 456 g/mol. The Labute approximate surface area is 191 Å². The van der Waals surface area contributed by atoms with Crippen LogP contribution in [-0.4, -0.2) is 47.2 Å². The van der Waals surface area contributed by atoms with Crippen LogP contribution in [0.25, 0.3) is 11.0 Å². The number of ether oxygens (including phenoxy) is 1. The van der Waals surface area contributed by atoms with E-state index in [1.165, 1.54) is 11.1 Å². The fourth-order valence-corrected chi connectivity index (χ4v) is 4.42. The van der Waals surface area contributed by atoms with Crippen LogP contribution in [0.5, 0.6) is 5.75 Å². The molecule has 0 bridgehead atoms. The summed E-state index contributed by atoms with van der Waals surface area (Å²) < 4.78 is 8.26. The first-order valence-electron chi connectivity index (χ1n) is 10.8. The zero-order chi connectivity index (χ0) is 21.8. The number of hydrogen-bond donors (Lipinski definition) is 1. The number of hydrogen-bond acceptors (Lipinski definition) is 5. The molecule has 1 aliphatic rings. The van der Waals surface area contributed by atoms with E-state index in [1.54, 1.807) is 25.4 Å². The van der Waals surface area contributed by atoms with Gasteiger partial charge < -0.3 is 19.5 Å². The fraction of sp³-hybridized carbons (Fsp3) is 0.417. The molecule has 1 aromatic carbocycles. The molecule has 164 valence electrons. The normalized spacial score (nSPS) is 15.5. The van der Waals surface area contributed by atoms with Gasteiger partial charge in [-0.1, -0.05) is 28.1 Å². The van der Waals surface area contributed by atoms with Gasteiger partial charge in [0.1, 0.15) is 5.75 Å². The van der Waals surface area contributed by atoms with Gasteiger partial charge in [-0.05, 0) is 56.1 Å². The molecule has 0 spiro atoms. The topological polar surface area (TPSA) is 59.4 Å². The Hall–Kier alpha value is -2.22. The Morgan fingerprint density at radius 1 is 1.16 bits per heavy atom. The monoisotopic (exact) mass is 484 g/mol. The van der Waals surface area contributed by atoms with Crippen LogP contribution in [0.2, 0.25) is 0 Å². The van der Waals surface area contributed by atoms with Crippen molar-refractivity contribution in [2.24, 2.45) is 0 Å². The number of nitrogens with one attached hydrogen (secondary N) is 1. The van der Waals surface area contributed by atoms with Crippen molar-refractivity contribution < 1.29 is 4.74 Å². The van der Waals surface area contributed by atoms with E-state index < -0.39 is 0 Å². The van der Waals surface area contributed by atoms with Gasteiger partial charge in [-0.25, -0.2) is 0 Å². The lowest BCUT2D eigenvalue weighted by Crippen LogP contribution is -2.43. The van der Waals surface area contributed by atoms with Gasteiger partial charge in [-0.15, -0.1) is 0 Å². The van der Waals surface area contributed by atoms with Gasteiger partial charge in [0.15, 0.2) is 0 Å². The summed E-state index contributed by atoms with van der Waals surface area (Å²) in [7, 11) is 1.62. The fourth-order valence-electron chi connectivity index (χ4n) is 4.17. The van der Waals surface area contributed by atoms with Crippen LogP contribution in [0, 0.1) is 6.92 Å². The molecule has 3 aromatic rings. The molecule has 1 aliphatic heterocycles. The molecule has 0 atom stereocenters. The van der Waals surface area contributed by atoms with E-state index in [0.29, 0.717) is 18.3 Å². The van der Waals surface area contributed by atoms with Gasteiger partial charge in [-0.2, -0.15) is 0 Å². The van der Waals surface area contributed by atoms with E-state index >= 15 is 0 Å². The van der Waals surface area contributed by atoms with Crippen LogP contribution in [0.3, 0.4) is 0 Å². The van der Waals surface area contributed by atoms with Gasteiger partial charge >= 0.3 is 0 Å². The summed E-state index contributed by atoms with van der Waals surface area (Å²) in [6, 6.07) is 12.3. The molecule has 0 saturated carbocycles. The Morgan fingerprint density at radius 2 is 1.97 bits per heavy atom. The zero-order valence-corrected chi connectivity index (χ0v) is 19.7. The Bertz CT molecular complexity index is 1110. The van der Waals surface area contributed by atoms with Crippen LogP contribution in [0.1, 0.15) is 24.0 Å². The Balaban J connectivity index is 1.31. The number of halogens is 1. The van der Waals surface area contributed by atoms with Crippen LogP contribution in [0.4, 0.5) is 0 Å². The maximum atomic E-state index is 12.5. The minimum absolute atomic E-state index is 0.00361. The van der Waals surface area contributed by atoms with E-state index in [9.17, 15) is 4.79 Å². The zero-order valence-electron chi connectivity index (χ0n) is 18.1. The van der Waals surface area contributed by atoms with Crippen molar-refractivity contribution in [3.8, 4) is 5.75 Å².